The largest absolute Gasteiger partial charge is 0.371 e. The molecule has 0 aliphatic carbocycles. The topological polar surface area (TPSA) is 66.4 Å². The Bertz CT molecular complexity index is 203. The van der Waals surface area contributed by atoms with Crippen LogP contribution >= 0.6 is 0 Å². The zero-order valence-electron chi connectivity index (χ0n) is 10.0. The van der Waals surface area contributed by atoms with E-state index in [1.165, 1.54) is 14.2 Å². The highest BCUT2D eigenvalue weighted by Gasteiger charge is 2.44. The number of aliphatic hydroxyl groups is 1. The highest BCUT2D eigenvalue weighted by Crippen LogP contribution is 2.31. The highest BCUT2D eigenvalue weighted by molar-refractivity contribution is 4.87. The SMILES string of the molecule is COCO.COCOC1CC2OCC(O2)C1F. The lowest BCUT2D eigenvalue weighted by atomic mass is 10.1. The van der Waals surface area contributed by atoms with Crippen molar-refractivity contribution in [2.24, 2.45) is 0 Å². The van der Waals surface area contributed by atoms with Crippen molar-refractivity contribution >= 4 is 0 Å². The van der Waals surface area contributed by atoms with E-state index in [-0.39, 0.29) is 19.9 Å². The minimum atomic E-state index is -1.10. The molecule has 0 saturated carbocycles. The van der Waals surface area contributed by atoms with Gasteiger partial charge in [-0.1, -0.05) is 0 Å². The van der Waals surface area contributed by atoms with E-state index in [2.05, 4.69) is 4.74 Å². The molecule has 0 aromatic carbocycles. The number of hydrogen-bond donors (Lipinski definition) is 1. The number of halogens is 1. The van der Waals surface area contributed by atoms with Gasteiger partial charge in [-0.25, -0.2) is 4.39 Å². The van der Waals surface area contributed by atoms with Crippen LogP contribution in [0.3, 0.4) is 0 Å². The quantitative estimate of drug-likeness (QED) is 0.715. The Kier molecular flexibility index (Phi) is 6.86. The fourth-order valence-corrected chi connectivity index (χ4v) is 1.64. The van der Waals surface area contributed by atoms with E-state index in [0.29, 0.717) is 13.0 Å². The molecular weight excluding hydrogens is 235 g/mol. The second-order valence-electron chi connectivity index (χ2n) is 3.65. The maximum atomic E-state index is 13.5. The van der Waals surface area contributed by atoms with Gasteiger partial charge >= 0.3 is 0 Å². The second kappa shape index (κ2) is 7.91. The van der Waals surface area contributed by atoms with E-state index in [1.54, 1.807) is 0 Å². The number of aliphatic hydroxyl groups excluding tert-OH is 1. The van der Waals surface area contributed by atoms with Gasteiger partial charge < -0.3 is 28.8 Å². The predicted molar refractivity (Wildman–Crippen MR) is 55.0 cm³/mol. The van der Waals surface area contributed by atoms with E-state index in [0.717, 1.165) is 0 Å². The molecule has 0 aromatic rings. The first-order chi connectivity index (χ1) is 8.22. The Morgan fingerprint density at radius 1 is 1.35 bits per heavy atom. The summed E-state index contributed by atoms with van der Waals surface area (Å²) in [6.07, 6.45) is -1.86. The maximum absolute atomic E-state index is 13.5. The molecule has 2 bridgehead atoms. The first-order valence-electron chi connectivity index (χ1n) is 5.34. The lowest BCUT2D eigenvalue weighted by Crippen LogP contribution is -2.43. The van der Waals surface area contributed by atoms with Crippen LogP contribution in [0, 0.1) is 0 Å². The van der Waals surface area contributed by atoms with Crippen molar-refractivity contribution in [1.29, 1.82) is 0 Å². The molecule has 2 rings (SSSR count). The molecule has 0 aromatic heterocycles. The molecule has 2 fully saturated rings. The van der Waals surface area contributed by atoms with Gasteiger partial charge in [0.2, 0.25) is 0 Å². The summed E-state index contributed by atoms with van der Waals surface area (Å²) in [5.41, 5.74) is 0. The molecule has 2 aliphatic heterocycles. The van der Waals surface area contributed by atoms with Crippen LogP contribution in [0.5, 0.6) is 0 Å². The third-order valence-corrected chi connectivity index (χ3v) is 2.44. The van der Waals surface area contributed by atoms with E-state index in [4.69, 9.17) is 24.1 Å². The van der Waals surface area contributed by atoms with Crippen molar-refractivity contribution in [3.05, 3.63) is 0 Å². The molecule has 102 valence electrons. The maximum Gasteiger partial charge on any atom is 0.160 e. The van der Waals surface area contributed by atoms with E-state index >= 15 is 0 Å². The number of hydrogen-bond acceptors (Lipinski definition) is 6. The average molecular weight is 254 g/mol. The first-order valence-corrected chi connectivity index (χ1v) is 5.34. The molecule has 0 spiro atoms. The Labute approximate surface area is 99.5 Å². The highest BCUT2D eigenvalue weighted by atomic mass is 19.1. The van der Waals surface area contributed by atoms with Crippen molar-refractivity contribution in [3.8, 4) is 0 Å². The van der Waals surface area contributed by atoms with Crippen LogP contribution < -0.4 is 0 Å². The monoisotopic (exact) mass is 254 g/mol. The smallest absolute Gasteiger partial charge is 0.160 e. The Morgan fingerprint density at radius 2 is 2.06 bits per heavy atom. The zero-order valence-corrected chi connectivity index (χ0v) is 10.0. The van der Waals surface area contributed by atoms with Gasteiger partial charge in [0, 0.05) is 20.6 Å². The van der Waals surface area contributed by atoms with Crippen LogP contribution in [0.2, 0.25) is 0 Å². The molecule has 2 aliphatic rings. The van der Waals surface area contributed by atoms with Crippen LogP contribution in [0.15, 0.2) is 0 Å². The Morgan fingerprint density at radius 3 is 2.65 bits per heavy atom. The van der Waals surface area contributed by atoms with Crippen molar-refractivity contribution in [2.45, 2.75) is 31.1 Å². The summed E-state index contributed by atoms with van der Waals surface area (Å²) in [5.74, 6) is 0. The summed E-state index contributed by atoms with van der Waals surface area (Å²) in [4.78, 5) is 0. The fraction of sp³-hybridized carbons (Fsp3) is 1.00. The van der Waals surface area contributed by atoms with Crippen molar-refractivity contribution in [1.82, 2.24) is 0 Å². The number of alkyl halides is 1. The molecule has 4 unspecified atom stereocenters. The van der Waals surface area contributed by atoms with Gasteiger partial charge in [-0.2, -0.15) is 0 Å². The normalized spacial score (nSPS) is 35.3. The minimum Gasteiger partial charge on any atom is -0.371 e. The van der Waals surface area contributed by atoms with E-state index < -0.39 is 18.4 Å². The van der Waals surface area contributed by atoms with Gasteiger partial charge in [0.25, 0.3) is 0 Å². The number of ether oxygens (including phenoxy) is 5. The van der Waals surface area contributed by atoms with E-state index in [9.17, 15) is 4.39 Å². The van der Waals surface area contributed by atoms with Crippen LogP contribution in [0.1, 0.15) is 6.42 Å². The summed E-state index contributed by atoms with van der Waals surface area (Å²) in [7, 11) is 2.94. The molecule has 0 radical (unpaired) electrons. The van der Waals surface area contributed by atoms with Gasteiger partial charge in [-0.15, -0.1) is 0 Å². The van der Waals surface area contributed by atoms with Crippen LogP contribution in [0.4, 0.5) is 4.39 Å². The summed E-state index contributed by atoms with van der Waals surface area (Å²) in [6.45, 7) is 0.267. The van der Waals surface area contributed by atoms with Crippen LogP contribution in [-0.4, -0.2) is 64.2 Å². The molecule has 17 heavy (non-hydrogen) atoms. The summed E-state index contributed by atoms with van der Waals surface area (Å²) < 4.78 is 37.8. The predicted octanol–water partition coefficient (Wildman–Crippen LogP) is 0.0414. The Balaban J connectivity index is 0.000000317. The number of fused-ring (bicyclic) bond motifs is 2. The molecule has 2 heterocycles. The standard InChI is InChI=1S/C8H13FO4.C2H6O2/c1-10-4-12-5-2-7-11-3-6(13-7)8(5)9;1-4-2-3/h5-8H,2-4H2,1H3;3H,2H2,1H3. The molecule has 0 amide bonds. The Hall–Kier alpha value is -0.310. The van der Waals surface area contributed by atoms with Crippen molar-refractivity contribution < 1.29 is 33.2 Å². The van der Waals surface area contributed by atoms with Crippen LogP contribution in [0.25, 0.3) is 0 Å². The molecule has 7 heteroatoms. The van der Waals surface area contributed by atoms with Gasteiger partial charge in [-0.3, -0.25) is 0 Å². The van der Waals surface area contributed by atoms with Crippen LogP contribution in [-0.2, 0) is 23.7 Å². The number of methoxy groups -OCH3 is 2. The summed E-state index contributed by atoms with van der Waals surface area (Å²) in [5, 5.41) is 7.65. The second-order valence-corrected chi connectivity index (χ2v) is 3.65. The third-order valence-electron chi connectivity index (χ3n) is 2.44. The molecule has 2 saturated heterocycles. The molecule has 6 nitrogen and oxygen atoms in total. The average Bonchev–Trinajstić information content (AvgIpc) is 2.77. The number of rotatable bonds is 4. The summed E-state index contributed by atoms with van der Waals surface area (Å²) >= 11 is 0. The summed E-state index contributed by atoms with van der Waals surface area (Å²) in [6, 6.07) is 0. The van der Waals surface area contributed by atoms with Gasteiger partial charge in [-0.05, 0) is 0 Å². The van der Waals surface area contributed by atoms with E-state index in [1.807, 2.05) is 0 Å². The first kappa shape index (κ1) is 14.7. The lowest BCUT2D eigenvalue weighted by molar-refractivity contribution is -0.185. The van der Waals surface area contributed by atoms with Gasteiger partial charge in [0.05, 0.1) is 12.7 Å². The third kappa shape index (κ3) is 4.46. The fourth-order valence-electron chi connectivity index (χ4n) is 1.64. The lowest BCUT2D eigenvalue weighted by Gasteiger charge is -2.29. The zero-order chi connectivity index (χ0) is 12.7. The molecule has 1 N–H and O–H groups in total. The molecular formula is C10H19FO6. The molecule has 4 atom stereocenters. The van der Waals surface area contributed by atoms with Gasteiger partial charge in [0.15, 0.2) is 12.5 Å². The van der Waals surface area contributed by atoms with Gasteiger partial charge in [0.1, 0.15) is 19.7 Å². The van der Waals surface area contributed by atoms with Crippen molar-refractivity contribution in [2.75, 3.05) is 34.4 Å². The van der Waals surface area contributed by atoms with Crippen molar-refractivity contribution in [3.63, 3.8) is 0 Å². The minimum absolute atomic E-state index is 0.116.